The highest BCUT2D eigenvalue weighted by molar-refractivity contribution is 14.0. The Labute approximate surface area is 201 Å². The molecule has 0 unspecified atom stereocenters. The first-order chi connectivity index (χ1) is 14.6. The van der Waals surface area contributed by atoms with Gasteiger partial charge in [0.25, 0.3) is 0 Å². The maximum absolute atomic E-state index is 13.3. The van der Waals surface area contributed by atoms with E-state index in [9.17, 15) is 4.39 Å². The van der Waals surface area contributed by atoms with Gasteiger partial charge < -0.3 is 20.1 Å². The number of hydrogen-bond donors (Lipinski definition) is 2. The van der Waals surface area contributed by atoms with Crippen molar-refractivity contribution < 1.29 is 13.9 Å². The fourth-order valence-corrected chi connectivity index (χ4v) is 3.89. The summed E-state index contributed by atoms with van der Waals surface area (Å²) in [5.74, 6) is 1.45. The van der Waals surface area contributed by atoms with Crippen LogP contribution in [0.15, 0.2) is 53.5 Å². The van der Waals surface area contributed by atoms with Crippen LogP contribution < -0.4 is 15.4 Å². The normalized spacial score (nSPS) is 15.6. The maximum atomic E-state index is 13.3. The van der Waals surface area contributed by atoms with Gasteiger partial charge in [0.1, 0.15) is 11.6 Å². The van der Waals surface area contributed by atoms with Gasteiger partial charge in [0.15, 0.2) is 5.96 Å². The second-order valence-electron chi connectivity index (χ2n) is 7.58. The third-order valence-electron chi connectivity index (χ3n) is 5.64. The average Bonchev–Trinajstić information content (AvgIpc) is 2.77. The summed E-state index contributed by atoms with van der Waals surface area (Å²) in [6.45, 7) is 5.61. The smallest absolute Gasteiger partial charge is 0.191 e. The van der Waals surface area contributed by atoms with Crippen molar-refractivity contribution in [2.24, 2.45) is 4.99 Å². The molecule has 170 valence electrons. The van der Waals surface area contributed by atoms with Crippen LogP contribution in [0.25, 0.3) is 0 Å². The van der Waals surface area contributed by atoms with Crippen LogP contribution in [0.2, 0.25) is 0 Å². The first-order valence-electron chi connectivity index (χ1n) is 10.7. The molecular formula is C24H33FIN3O2. The number of nitrogens with zero attached hydrogens (tertiary/aromatic N) is 1. The van der Waals surface area contributed by atoms with E-state index in [0.29, 0.717) is 13.2 Å². The number of rotatable bonds is 8. The van der Waals surface area contributed by atoms with Gasteiger partial charge in [-0.15, -0.1) is 24.0 Å². The molecule has 1 saturated heterocycles. The predicted molar refractivity (Wildman–Crippen MR) is 134 cm³/mol. The zero-order chi connectivity index (χ0) is 21.2. The van der Waals surface area contributed by atoms with Gasteiger partial charge in [0.05, 0.1) is 6.61 Å². The minimum atomic E-state index is -0.202. The van der Waals surface area contributed by atoms with Gasteiger partial charge in [-0.1, -0.05) is 24.3 Å². The van der Waals surface area contributed by atoms with Gasteiger partial charge in [-0.05, 0) is 61.6 Å². The molecule has 1 heterocycles. The Morgan fingerprint density at radius 3 is 2.52 bits per heavy atom. The molecule has 0 saturated carbocycles. The summed E-state index contributed by atoms with van der Waals surface area (Å²) < 4.78 is 24.6. The van der Waals surface area contributed by atoms with E-state index < -0.39 is 0 Å². The lowest BCUT2D eigenvalue weighted by Gasteiger charge is -2.38. The SMILES string of the molecule is CCOc1ccc(C2(CNC(=NC)NCCc3cccc(F)c3)CCOCC2)cc1.I. The largest absolute Gasteiger partial charge is 0.494 e. The Bertz CT molecular complexity index is 824. The maximum Gasteiger partial charge on any atom is 0.191 e. The second-order valence-corrected chi connectivity index (χ2v) is 7.58. The highest BCUT2D eigenvalue weighted by atomic mass is 127. The molecule has 1 aliphatic rings. The molecule has 0 atom stereocenters. The number of hydrogen-bond acceptors (Lipinski definition) is 3. The third kappa shape index (κ3) is 7.35. The molecule has 31 heavy (non-hydrogen) atoms. The number of aliphatic imine (C=N–C) groups is 1. The molecule has 2 aromatic carbocycles. The van der Waals surface area contributed by atoms with Crippen LogP contribution in [-0.4, -0.2) is 45.9 Å². The fraction of sp³-hybridized carbons (Fsp3) is 0.458. The van der Waals surface area contributed by atoms with E-state index in [-0.39, 0.29) is 35.2 Å². The Morgan fingerprint density at radius 2 is 1.87 bits per heavy atom. The Balaban J connectivity index is 0.00000341. The van der Waals surface area contributed by atoms with Gasteiger partial charge in [-0.2, -0.15) is 0 Å². The summed E-state index contributed by atoms with van der Waals surface area (Å²) in [6, 6.07) is 15.1. The number of ether oxygens (including phenoxy) is 2. The lowest BCUT2D eigenvalue weighted by atomic mass is 9.74. The highest BCUT2D eigenvalue weighted by Gasteiger charge is 2.34. The highest BCUT2D eigenvalue weighted by Crippen LogP contribution is 2.35. The molecule has 1 fully saturated rings. The van der Waals surface area contributed by atoms with E-state index in [2.05, 4.69) is 27.8 Å². The van der Waals surface area contributed by atoms with Crippen LogP contribution in [0.3, 0.4) is 0 Å². The summed E-state index contributed by atoms with van der Waals surface area (Å²) in [7, 11) is 1.77. The third-order valence-corrected chi connectivity index (χ3v) is 5.64. The molecule has 0 aliphatic carbocycles. The van der Waals surface area contributed by atoms with Crippen LogP contribution in [0.5, 0.6) is 5.75 Å². The standard InChI is InChI=1S/C24H32FN3O2.HI/c1-3-30-22-9-7-20(8-10-22)24(12-15-29-16-13-24)18-28-23(26-2)27-14-11-19-5-4-6-21(25)17-19;/h4-10,17H,3,11-16,18H2,1-2H3,(H2,26,27,28);1H. The minimum Gasteiger partial charge on any atom is -0.494 e. The zero-order valence-corrected chi connectivity index (χ0v) is 20.7. The molecule has 0 spiro atoms. The molecular weight excluding hydrogens is 508 g/mol. The second kappa shape index (κ2) is 12.9. The van der Waals surface area contributed by atoms with E-state index in [1.165, 1.54) is 11.6 Å². The van der Waals surface area contributed by atoms with Gasteiger partial charge in [-0.3, -0.25) is 4.99 Å². The van der Waals surface area contributed by atoms with Gasteiger partial charge in [0.2, 0.25) is 0 Å². The van der Waals surface area contributed by atoms with Crippen molar-refractivity contribution in [3.63, 3.8) is 0 Å². The van der Waals surface area contributed by atoms with Crippen molar-refractivity contribution in [2.45, 2.75) is 31.6 Å². The molecule has 2 N–H and O–H groups in total. The minimum absolute atomic E-state index is 0. The van der Waals surface area contributed by atoms with E-state index in [1.54, 1.807) is 19.2 Å². The lowest BCUT2D eigenvalue weighted by Crippen LogP contribution is -2.48. The van der Waals surface area contributed by atoms with Crippen molar-refractivity contribution in [1.82, 2.24) is 10.6 Å². The Hall–Kier alpha value is -1.87. The van der Waals surface area contributed by atoms with Gasteiger partial charge in [0, 0.05) is 38.8 Å². The van der Waals surface area contributed by atoms with Crippen molar-refractivity contribution in [1.29, 1.82) is 0 Å². The van der Waals surface area contributed by atoms with E-state index in [1.807, 2.05) is 25.1 Å². The molecule has 0 amide bonds. The number of nitrogens with one attached hydrogen (secondary N) is 2. The summed E-state index contributed by atoms with van der Waals surface area (Å²) in [5.41, 5.74) is 2.24. The predicted octanol–water partition coefficient (Wildman–Crippen LogP) is 4.30. The molecule has 3 rings (SSSR count). The van der Waals surface area contributed by atoms with Crippen LogP contribution in [0, 0.1) is 5.82 Å². The first-order valence-corrected chi connectivity index (χ1v) is 10.7. The van der Waals surface area contributed by atoms with E-state index >= 15 is 0 Å². The average molecular weight is 541 g/mol. The topological polar surface area (TPSA) is 54.9 Å². The fourth-order valence-electron chi connectivity index (χ4n) is 3.89. The quantitative estimate of drug-likeness (QED) is 0.298. The molecule has 0 bridgehead atoms. The van der Waals surface area contributed by atoms with Gasteiger partial charge in [-0.25, -0.2) is 4.39 Å². The summed E-state index contributed by atoms with van der Waals surface area (Å²) in [5, 5.41) is 6.83. The summed E-state index contributed by atoms with van der Waals surface area (Å²) in [6.07, 6.45) is 2.64. The summed E-state index contributed by atoms with van der Waals surface area (Å²) >= 11 is 0. The Morgan fingerprint density at radius 1 is 1.13 bits per heavy atom. The molecule has 0 radical (unpaired) electrons. The monoisotopic (exact) mass is 541 g/mol. The van der Waals surface area contributed by atoms with Crippen molar-refractivity contribution in [3.8, 4) is 5.75 Å². The molecule has 7 heteroatoms. The van der Waals surface area contributed by atoms with E-state index in [0.717, 1.165) is 56.3 Å². The number of benzene rings is 2. The first kappa shape index (κ1) is 25.4. The van der Waals surface area contributed by atoms with Crippen LogP contribution in [-0.2, 0) is 16.6 Å². The summed E-state index contributed by atoms with van der Waals surface area (Å²) in [4.78, 5) is 4.35. The molecule has 2 aromatic rings. The van der Waals surface area contributed by atoms with E-state index in [4.69, 9.17) is 9.47 Å². The number of halogens is 2. The molecule has 0 aromatic heterocycles. The lowest BCUT2D eigenvalue weighted by molar-refractivity contribution is 0.0513. The van der Waals surface area contributed by atoms with Gasteiger partial charge >= 0.3 is 0 Å². The van der Waals surface area contributed by atoms with Crippen molar-refractivity contribution >= 4 is 29.9 Å². The Kier molecular flexibility index (Phi) is 10.5. The van der Waals surface area contributed by atoms with Crippen molar-refractivity contribution in [2.75, 3.05) is 40.0 Å². The van der Waals surface area contributed by atoms with Crippen LogP contribution in [0.4, 0.5) is 4.39 Å². The zero-order valence-electron chi connectivity index (χ0n) is 18.3. The van der Waals surface area contributed by atoms with Crippen molar-refractivity contribution in [3.05, 3.63) is 65.5 Å². The van der Waals surface area contributed by atoms with Crippen LogP contribution in [0.1, 0.15) is 30.9 Å². The molecule has 5 nitrogen and oxygen atoms in total. The number of guanidine groups is 1. The molecule has 1 aliphatic heterocycles. The van der Waals surface area contributed by atoms with Crippen LogP contribution >= 0.6 is 24.0 Å².